The summed E-state index contributed by atoms with van der Waals surface area (Å²) >= 11 is 0. The van der Waals surface area contributed by atoms with E-state index in [4.69, 9.17) is 15.2 Å². The summed E-state index contributed by atoms with van der Waals surface area (Å²) in [5.41, 5.74) is 8.24. The maximum Gasteiger partial charge on any atom is 0.193 e. The first-order chi connectivity index (χ1) is 13.7. The minimum atomic E-state index is 0. The molecule has 2 aromatic rings. The van der Waals surface area contributed by atoms with Gasteiger partial charge in [0.25, 0.3) is 0 Å². The van der Waals surface area contributed by atoms with Crippen molar-refractivity contribution >= 4 is 35.6 Å². The van der Waals surface area contributed by atoms with Gasteiger partial charge in [0.1, 0.15) is 11.5 Å². The van der Waals surface area contributed by atoms with Gasteiger partial charge in [0.05, 0.1) is 26.5 Å². The summed E-state index contributed by atoms with van der Waals surface area (Å²) in [6.45, 7) is 2.74. The highest BCUT2D eigenvalue weighted by molar-refractivity contribution is 14.0. The van der Waals surface area contributed by atoms with Crippen LogP contribution in [0, 0.1) is 0 Å². The van der Waals surface area contributed by atoms with Crippen LogP contribution >= 0.6 is 24.0 Å². The molecule has 1 aliphatic rings. The lowest BCUT2D eigenvalue weighted by atomic mass is 10.0. The Labute approximate surface area is 190 Å². The van der Waals surface area contributed by atoms with E-state index in [2.05, 4.69) is 45.5 Å². The molecule has 158 valence electrons. The van der Waals surface area contributed by atoms with Gasteiger partial charge >= 0.3 is 0 Å². The van der Waals surface area contributed by atoms with Gasteiger partial charge in [-0.1, -0.05) is 36.8 Å². The summed E-state index contributed by atoms with van der Waals surface area (Å²) in [4.78, 5) is 7.13. The van der Waals surface area contributed by atoms with Gasteiger partial charge in [0, 0.05) is 18.7 Å². The summed E-state index contributed by atoms with van der Waals surface area (Å²) in [7, 11) is 3.26. The second-order valence-electron chi connectivity index (χ2n) is 7.02. The van der Waals surface area contributed by atoms with E-state index in [9.17, 15) is 0 Å². The van der Waals surface area contributed by atoms with Crippen molar-refractivity contribution in [1.82, 2.24) is 4.90 Å². The van der Waals surface area contributed by atoms with E-state index in [0.717, 1.165) is 30.9 Å². The van der Waals surface area contributed by atoms with E-state index >= 15 is 0 Å². The number of halogens is 1. The van der Waals surface area contributed by atoms with Crippen LogP contribution in [0.2, 0.25) is 0 Å². The zero-order valence-electron chi connectivity index (χ0n) is 17.1. The Bertz CT molecular complexity index is 786. The number of piperidine rings is 1. The quantitative estimate of drug-likeness (QED) is 0.334. The smallest absolute Gasteiger partial charge is 0.193 e. The van der Waals surface area contributed by atoms with E-state index in [0.29, 0.717) is 24.3 Å². The first kappa shape index (κ1) is 23.3. The van der Waals surface area contributed by atoms with Crippen molar-refractivity contribution in [3.63, 3.8) is 0 Å². The number of ether oxygens (including phenoxy) is 2. The van der Waals surface area contributed by atoms with Crippen LogP contribution in [0.1, 0.15) is 24.8 Å². The molecule has 0 amide bonds. The van der Waals surface area contributed by atoms with Gasteiger partial charge in [-0.05, 0) is 37.1 Å². The third kappa shape index (κ3) is 6.78. The third-order valence-corrected chi connectivity index (χ3v) is 5.12. The van der Waals surface area contributed by atoms with Crippen molar-refractivity contribution in [3.05, 3.63) is 54.1 Å². The highest BCUT2D eigenvalue weighted by Gasteiger charge is 2.22. The number of methoxy groups -OCH3 is 2. The summed E-state index contributed by atoms with van der Waals surface area (Å²) in [6, 6.07) is 16.6. The molecule has 3 N–H and O–H groups in total. The fourth-order valence-electron chi connectivity index (χ4n) is 3.59. The van der Waals surface area contributed by atoms with E-state index in [-0.39, 0.29) is 24.0 Å². The number of hydrogen-bond acceptors (Lipinski definition) is 4. The predicted molar refractivity (Wildman–Crippen MR) is 130 cm³/mol. The number of hydrogen-bond donors (Lipinski definition) is 2. The Balaban J connectivity index is 0.00000300. The van der Waals surface area contributed by atoms with Gasteiger partial charge in [0.2, 0.25) is 0 Å². The zero-order chi connectivity index (χ0) is 19.8. The van der Waals surface area contributed by atoms with E-state index < -0.39 is 0 Å². The second kappa shape index (κ2) is 11.9. The van der Waals surface area contributed by atoms with Crippen molar-refractivity contribution in [2.45, 2.75) is 31.8 Å². The highest BCUT2D eigenvalue weighted by atomic mass is 127. The van der Waals surface area contributed by atoms with Gasteiger partial charge in [-0.2, -0.15) is 0 Å². The van der Waals surface area contributed by atoms with Crippen LogP contribution < -0.4 is 20.5 Å². The molecule has 1 heterocycles. The van der Waals surface area contributed by atoms with Gasteiger partial charge in [0.15, 0.2) is 5.96 Å². The Morgan fingerprint density at radius 1 is 1.14 bits per heavy atom. The lowest BCUT2D eigenvalue weighted by molar-refractivity contribution is 0.145. The van der Waals surface area contributed by atoms with Crippen molar-refractivity contribution < 1.29 is 9.47 Å². The zero-order valence-corrected chi connectivity index (χ0v) is 19.5. The van der Waals surface area contributed by atoms with E-state index in [1.165, 1.54) is 18.4 Å². The highest BCUT2D eigenvalue weighted by Crippen LogP contribution is 2.28. The molecular formula is C22H31IN4O2. The molecule has 0 spiro atoms. The van der Waals surface area contributed by atoms with Gasteiger partial charge in [-0.3, -0.25) is 9.89 Å². The Kier molecular flexibility index (Phi) is 9.53. The number of nitrogens with two attached hydrogens (primary N) is 1. The number of nitrogens with one attached hydrogen (secondary N) is 1. The maximum absolute atomic E-state index is 6.16. The molecule has 1 fully saturated rings. The van der Waals surface area contributed by atoms with E-state index in [1.807, 2.05) is 18.2 Å². The number of benzene rings is 2. The summed E-state index contributed by atoms with van der Waals surface area (Å²) in [5, 5.41) is 3.14. The van der Waals surface area contributed by atoms with Gasteiger partial charge in [-0.15, -0.1) is 24.0 Å². The lowest BCUT2D eigenvalue weighted by Crippen LogP contribution is -2.41. The predicted octanol–water partition coefficient (Wildman–Crippen LogP) is 4.10. The maximum atomic E-state index is 6.16. The first-order valence-electron chi connectivity index (χ1n) is 9.76. The minimum Gasteiger partial charge on any atom is -0.497 e. The molecule has 0 radical (unpaired) electrons. The molecule has 1 saturated heterocycles. The van der Waals surface area contributed by atoms with Crippen LogP contribution in [0.4, 0.5) is 5.69 Å². The number of likely N-dealkylation sites (tertiary alicyclic amines) is 1. The van der Waals surface area contributed by atoms with E-state index in [1.54, 1.807) is 14.2 Å². The molecule has 7 heteroatoms. The standard InChI is InChI=1S/C22H30N4O2.HI/c1-27-19-11-12-21(28-2)20(14-19)25-22(23)24-15-18-10-6-7-13-26(18)16-17-8-4-3-5-9-17;/h3-5,8-9,11-12,14,18H,6-7,10,13,15-16H2,1-2H3,(H3,23,24,25);1H. The van der Waals surface area contributed by atoms with Gasteiger partial charge in [-0.25, -0.2) is 0 Å². The van der Waals surface area contributed by atoms with Crippen LogP contribution in [0.5, 0.6) is 11.5 Å². The summed E-state index contributed by atoms with van der Waals surface area (Å²) in [6.07, 6.45) is 3.62. The van der Waals surface area contributed by atoms with Crippen molar-refractivity contribution in [2.75, 3.05) is 32.6 Å². The third-order valence-electron chi connectivity index (χ3n) is 5.12. The fourth-order valence-corrected chi connectivity index (χ4v) is 3.59. The number of rotatable bonds is 7. The van der Waals surface area contributed by atoms with Crippen LogP contribution in [0.25, 0.3) is 0 Å². The molecule has 0 aromatic heterocycles. The normalized spacial score (nSPS) is 17.3. The molecule has 0 bridgehead atoms. The largest absolute Gasteiger partial charge is 0.497 e. The lowest BCUT2D eigenvalue weighted by Gasteiger charge is -2.35. The molecule has 1 aliphatic heterocycles. The summed E-state index contributed by atoms with van der Waals surface area (Å²) < 4.78 is 10.7. The van der Waals surface area contributed by atoms with Crippen LogP contribution in [-0.4, -0.2) is 44.2 Å². The molecule has 1 unspecified atom stereocenters. The second-order valence-corrected chi connectivity index (χ2v) is 7.02. The molecule has 29 heavy (non-hydrogen) atoms. The van der Waals surface area contributed by atoms with Crippen molar-refractivity contribution in [1.29, 1.82) is 0 Å². The number of nitrogens with zero attached hydrogens (tertiary/aromatic N) is 2. The molecule has 0 aliphatic carbocycles. The topological polar surface area (TPSA) is 72.1 Å². The average molecular weight is 510 g/mol. The van der Waals surface area contributed by atoms with Crippen molar-refractivity contribution in [3.8, 4) is 11.5 Å². The van der Waals surface area contributed by atoms with Crippen LogP contribution in [0.3, 0.4) is 0 Å². The van der Waals surface area contributed by atoms with Crippen LogP contribution in [0.15, 0.2) is 53.5 Å². The molecule has 3 rings (SSSR count). The minimum absolute atomic E-state index is 0. The van der Waals surface area contributed by atoms with Gasteiger partial charge < -0.3 is 20.5 Å². The van der Waals surface area contributed by atoms with Crippen LogP contribution in [-0.2, 0) is 6.54 Å². The molecule has 0 saturated carbocycles. The average Bonchev–Trinajstić information content (AvgIpc) is 2.74. The Hall–Kier alpha value is -2.00. The number of anilines is 1. The van der Waals surface area contributed by atoms with Crippen molar-refractivity contribution in [2.24, 2.45) is 10.7 Å². The molecule has 1 atom stereocenters. The fraction of sp³-hybridized carbons (Fsp3) is 0.409. The Morgan fingerprint density at radius 2 is 1.93 bits per heavy atom. The molecule has 2 aromatic carbocycles. The number of guanidine groups is 1. The Morgan fingerprint density at radius 3 is 2.66 bits per heavy atom. The molecular weight excluding hydrogens is 479 g/mol. The first-order valence-corrected chi connectivity index (χ1v) is 9.76. The number of aliphatic imine (C=N–C) groups is 1. The monoisotopic (exact) mass is 510 g/mol. The summed E-state index contributed by atoms with van der Waals surface area (Å²) in [5.74, 6) is 1.82. The SMILES string of the molecule is COc1ccc(OC)c(NC(N)=NCC2CCCCN2Cc2ccccc2)c1.I. The molecule has 6 nitrogen and oxygen atoms in total.